The van der Waals surface area contributed by atoms with Gasteiger partial charge in [-0.25, -0.2) is 4.79 Å². The molecule has 0 aliphatic rings. The molecule has 2 aromatic rings. The standard InChI is InChI=1S/C11H8Cl2N2O2S/c12-8-1-3-10(4-2-8)18(17)7-15-6-9(13)5-14-11(15)16/h1-6H,7H2. The van der Waals surface area contributed by atoms with Crippen molar-refractivity contribution in [1.82, 2.24) is 9.55 Å². The second-order valence-electron chi connectivity index (χ2n) is 3.45. The summed E-state index contributed by atoms with van der Waals surface area (Å²) >= 11 is 10.1. The van der Waals surface area contributed by atoms with E-state index in [1.165, 1.54) is 17.0 Å². The van der Waals surface area contributed by atoms with Crippen LogP contribution < -0.4 is 5.69 Å². The number of nitrogens with zero attached hydrogens (tertiary/aromatic N) is 2. The van der Waals surface area contributed by atoms with Crippen LogP contribution in [0.2, 0.25) is 10.0 Å². The van der Waals surface area contributed by atoms with E-state index in [-0.39, 0.29) is 5.88 Å². The Hall–Kier alpha value is -1.01. The quantitative estimate of drug-likeness (QED) is 0.818. The van der Waals surface area contributed by atoms with Crippen LogP contribution in [0.4, 0.5) is 0 Å². The van der Waals surface area contributed by atoms with Crippen molar-refractivity contribution in [1.29, 1.82) is 0 Å². The lowest BCUT2D eigenvalue weighted by atomic mass is 10.4. The minimum Gasteiger partial charge on any atom is -0.610 e. The van der Waals surface area contributed by atoms with Gasteiger partial charge < -0.3 is 4.55 Å². The Morgan fingerprint density at radius 1 is 1.22 bits per heavy atom. The zero-order valence-corrected chi connectivity index (χ0v) is 11.4. The first-order chi connectivity index (χ1) is 8.56. The van der Waals surface area contributed by atoms with Crippen molar-refractivity contribution in [3.63, 3.8) is 0 Å². The summed E-state index contributed by atoms with van der Waals surface area (Å²) in [6.45, 7) is 0. The molecular formula is C11H8Cl2N2O2S. The predicted molar refractivity (Wildman–Crippen MR) is 71.4 cm³/mol. The zero-order valence-electron chi connectivity index (χ0n) is 9.05. The summed E-state index contributed by atoms with van der Waals surface area (Å²) in [5.41, 5.74) is -0.485. The van der Waals surface area contributed by atoms with Gasteiger partial charge in [0.05, 0.1) is 11.2 Å². The summed E-state index contributed by atoms with van der Waals surface area (Å²) in [6.07, 6.45) is 2.66. The lowest BCUT2D eigenvalue weighted by molar-refractivity contribution is 0.579. The van der Waals surface area contributed by atoms with Gasteiger partial charge in [0.25, 0.3) is 0 Å². The minimum atomic E-state index is -1.36. The molecule has 0 saturated heterocycles. The maximum atomic E-state index is 12.0. The van der Waals surface area contributed by atoms with E-state index in [2.05, 4.69) is 4.98 Å². The molecule has 1 atom stereocenters. The summed E-state index contributed by atoms with van der Waals surface area (Å²) in [5, 5.41) is 0.889. The molecule has 2 rings (SSSR count). The SMILES string of the molecule is O=c1ncc(Cl)cn1C[S+]([O-])c1ccc(Cl)cc1. The van der Waals surface area contributed by atoms with Gasteiger partial charge in [0.15, 0.2) is 10.8 Å². The van der Waals surface area contributed by atoms with Crippen LogP contribution in [0, 0.1) is 0 Å². The van der Waals surface area contributed by atoms with Gasteiger partial charge in [-0.3, -0.25) is 4.57 Å². The Kier molecular flexibility index (Phi) is 4.29. The van der Waals surface area contributed by atoms with Crippen LogP contribution in [-0.2, 0) is 17.1 Å². The third-order valence-electron chi connectivity index (χ3n) is 2.16. The van der Waals surface area contributed by atoms with Crippen LogP contribution >= 0.6 is 23.2 Å². The topological polar surface area (TPSA) is 58.0 Å². The fourth-order valence-corrected chi connectivity index (χ4v) is 2.63. The molecule has 0 aliphatic heterocycles. The van der Waals surface area contributed by atoms with Crippen LogP contribution in [-0.4, -0.2) is 14.1 Å². The Bertz CT molecular complexity index is 601. The second-order valence-corrected chi connectivity index (χ2v) is 5.75. The molecule has 0 bridgehead atoms. The van der Waals surface area contributed by atoms with E-state index in [1.54, 1.807) is 24.3 Å². The molecule has 1 unspecified atom stereocenters. The average molecular weight is 303 g/mol. The fourth-order valence-electron chi connectivity index (χ4n) is 1.31. The molecule has 0 fully saturated rings. The highest BCUT2D eigenvalue weighted by molar-refractivity contribution is 7.90. The maximum absolute atomic E-state index is 12.0. The van der Waals surface area contributed by atoms with Crippen LogP contribution in [0.1, 0.15) is 0 Å². The average Bonchev–Trinajstić information content (AvgIpc) is 2.34. The van der Waals surface area contributed by atoms with Gasteiger partial charge in [-0.15, -0.1) is 0 Å². The third kappa shape index (κ3) is 3.26. The highest BCUT2D eigenvalue weighted by atomic mass is 35.5. The molecule has 0 N–H and O–H groups in total. The summed E-state index contributed by atoms with van der Waals surface area (Å²) < 4.78 is 13.2. The molecule has 0 amide bonds. The predicted octanol–water partition coefficient (Wildman–Crippen LogP) is 2.32. The molecule has 0 saturated carbocycles. The van der Waals surface area contributed by atoms with E-state index in [0.717, 1.165) is 0 Å². The lowest BCUT2D eigenvalue weighted by Gasteiger charge is -2.11. The maximum Gasteiger partial charge on any atom is 0.351 e. The number of hydrogen-bond acceptors (Lipinski definition) is 3. The van der Waals surface area contributed by atoms with E-state index in [1.807, 2.05) is 0 Å². The molecule has 94 valence electrons. The van der Waals surface area contributed by atoms with Gasteiger partial charge in [-0.1, -0.05) is 23.2 Å². The van der Waals surface area contributed by atoms with E-state index >= 15 is 0 Å². The number of rotatable bonds is 3. The summed E-state index contributed by atoms with van der Waals surface area (Å²) in [6, 6.07) is 6.60. The molecule has 1 heterocycles. The molecule has 18 heavy (non-hydrogen) atoms. The van der Waals surface area contributed by atoms with Gasteiger partial charge in [0, 0.05) is 22.4 Å². The highest BCUT2D eigenvalue weighted by Crippen LogP contribution is 2.16. The third-order valence-corrected chi connectivity index (χ3v) is 3.91. The number of benzene rings is 1. The van der Waals surface area contributed by atoms with Crippen molar-refractivity contribution in [2.75, 3.05) is 0 Å². The van der Waals surface area contributed by atoms with Gasteiger partial charge in [-0.05, 0) is 24.3 Å². The molecule has 1 aromatic carbocycles. The largest absolute Gasteiger partial charge is 0.610 e. The van der Waals surface area contributed by atoms with Crippen molar-refractivity contribution < 1.29 is 4.55 Å². The number of halogens is 2. The molecule has 0 spiro atoms. The first-order valence-electron chi connectivity index (χ1n) is 4.92. The molecule has 4 nitrogen and oxygen atoms in total. The summed E-state index contributed by atoms with van der Waals surface area (Å²) in [7, 11) is 0. The van der Waals surface area contributed by atoms with Gasteiger partial charge >= 0.3 is 5.69 Å². The van der Waals surface area contributed by atoms with E-state index in [4.69, 9.17) is 23.2 Å². The monoisotopic (exact) mass is 302 g/mol. The van der Waals surface area contributed by atoms with Crippen LogP contribution in [0.3, 0.4) is 0 Å². The van der Waals surface area contributed by atoms with E-state index in [0.29, 0.717) is 14.9 Å². The summed E-state index contributed by atoms with van der Waals surface area (Å²) in [5.74, 6) is 0.00796. The lowest BCUT2D eigenvalue weighted by Crippen LogP contribution is -2.25. The van der Waals surface area contributed by atoms with E-state index in [9.17, 15) is 9.35 Å². The normalized spacial score (nSPS) is 12.4. The molecule has 0 radical (unpaired) electrons. The Labute approximate surface area is 116 Å². The molecule has 1 aromatic heterocycles. The van der Waals surface area contributed by atoms with Crippen molar-refractivity contribution >= 4 is 34.4 Å². The first kappa shape index (κ1) is 13.4. The van der Waals surface area contributed by atoms with E-state index < -0.39 is 16.9 Å². The van der Waals surface area contributed by atoms with Crippen molar-refractivity contribution in [3.8, 4) is 0 Å². The van der Waals surface area contributed by atoms with Gasteiger partial charge in [0.2, 0.25) is 0 Å². The van der Waals surface area contributed by atoms with Crippen molar-refractivity contribution in [2.45, 2.75) is 10.8 Å². The van der Waals surface area contributed by atoms with Gasteiger partial charge in [0.1, 0.15) is 0 Å². The Balaban J connectivity index is 2.21. The Morgan fingerprint density at radius 2 is 1.89 bits per heavy atom. The van der Waals surface area contributed by atoms with Crippen LogP contribution in [0.25, 0.3) is 0 Å². The number of hydrogen-bond donors (Lipinski definition) is 0. The Morgan fingerprint density at radius 3 is 2.56 bits per heavy atom. The van der Waals surface area contributed by atoms with Crippen LogP contribution in [0.15, 0.2) is 46.3 Å². The first-order valence-corrected chi connectivity index (χ1v) is 6.99. The van der Waals surface area contributed by atoms with Gasteiger partial charge in [-0.2, -0.15) is 4.98 Å². The molecule has 7 heteroatoms. The molecule has 0 aliphatic carbocycles. The number of aromatic nitrogens is 2. The molecular weight excluding hydrogens is 295 g/mol. The highest BCUT2D eigenvalue weighted by Gasteiger charge is 2.12. The second kappa shape index (κ2) is 5.75. The summed E-state index contributed by atoms with van der Waals surface area (Å²) in [4.78, 5) is 15.6. The fraction of sp³-hybridized carbons (Fsp3) is 0.0909. The van der Waals surface area contributed by atoms with Crippen molar-refractivity contribution in [2.24, 2.45) is 0 Å². The smallest absolute Gasteiger partial charge is 0.351 e. The van der Waals surface area contributed by atoms with Crippen LogP contribution in [0.5, 0.6) is 0 Å². The minimum absolute atomic E-state index is 0.00796. The van der Waals surface area contributed by atoms with Crippen molar-refractivity contribution in [3.05, 3.63) is 57.2 Å². The zero-order chi connectivity index (χ0) is 13.1.